The van der Waals surface area contributed by atoms with Crippen LogP contribution in [0.5, 0.6) is 5.75 Å². The zero-order chi connectivity index (χ0) is 8.97. The molecular weight excluding hydrogens is 152 g/mol. The van der Waals surface area contributed by atoms with Gasteiger partial charge in [0, 0.05) is 5.56 Å². The second kappa shape index (κ2) is 3.90. The summed E-state index contributed by atoms with van der Waals surface area (Å²) in [5.74, 6) is 0.803. The predicted octanol–water partition coefficient (Wildman–Crippen LogP) is 2.07. The summed E-state index contributed by atoms with van der Waals surface area (Å²) < 4.78 is 5.04. The fourth-order valence-corrected chi connectivity index (χ4v) is 1.13. The fourth-order valence-electron chi connectivity index (χ4n) is 1.13. The van der Waals surface area contributed by atoms with Crippen LogP contribution in [0.2, 0.25) is 0 Å². The second-order valence-corrected chi connectivity index (χ2v) is 2.54. The number of hydrogen-bond donors (Lipinski definition) is 0. The highest BCUT2D eigenvalue weighted by atomic mass is 16.5. The fraction of sp³-hybridized carbons (Fsp3) is 0.300. The smallest absolute Gasteiger partial charge is 0.150 e. The van der Waals surface area contributed by atoms with E-state index in [1.165, 1.54) is 0 Å². The van der Waals surface area contributed by atoms with E-state index < -0.39 is 0 Å². The first-order valence-electron chi connectivity index (χ1n) is 3.94. The standard InChI is InChI=1S/C10H12O2/c1-3-8-6-10(12-2)5-4-9(8)7-11/h4-7H,3H2,1-2H3. The van der Waals surface area contributed by atoms with Crippen LogP contribution < -0.4 is 4.74 Å². The van der Waals surface area contributed by atoms with Crippen LogP contribution in [-0.2, 0) is 6.42 Å². The molecule has 1 aromatic rings. The number of methoxy groups -OCH3 is 1. The summed E-state index contributed by atoms with van der Waals surface area (Å²) in [6.45, 7) is 2.02. The van der Waals surface area contributed by atoms with Crippen molar-refractivity contribution in [3.8, 4) is 5.75 Å². The van der Waals surface area contributed by atoms with E-state index in [9.17, 15) is 4.79 Å². The lowest BCUT2D eigenvalue weighted by atomic mass is 10.1. The highest BCUT2D eigenvalue weighted by molar-refractivity contribution is 5.77. The van der Waals surface area contributed by atoms with E-state index in [0.717, 1.165) is 29.6 Å². The average Bonchev–Trinajstić information content (AvgIpc) is 2.16. The molecule has 0 saturated carbocycles. The molecule has 12 heavy (non-hydrogen) atoms. The molecule has 0 bridgehead atoms. The third-order valence-corrected chi connectivity index (χ3v) is 1.86. The number of ether oxygens (including phenoxy) is 1. The minimum Gasteiger partial charge on any atom is -0.497 e. The van der Waals surface area contributed by atoms with Crippen LogP contribution in [0, 0.1) is 0 Å². The highest BCUT2D eigenvalue weighted by Gasteiger charge is 2.00. The van der Waals surface area contributed by atoms with Gasteiger partial charge in [-0.25, -0.2) is 0 Å². The summed E-state index contributed by atoms with van der Waals surface area (Å²) in [6.07, 6.45) is 1.73. The Hall–Kier alpha value is -1.31. The van der Waals surface area contributed by atoms with Gasteiger partial charge in [-0.15, -0.1) is 0 Å². The van der Waals surface area contributed by atoms with Crippen molar-refractivity contribution < 1.29 is 9.53 Å². The van der Waals surface area contributed by atoms with E-state index in [0.29, 0.717) is 0 Å². The van der Waals surface area contributed by atoms with Crippen molar-refractivity contribution in [3.05, 3.63) is 29.3 Å². The normalized spacial score (nSPS) is 9.50. The summed E-state index contributed by atoms with van der Waals surface area (Å²) >= 11 is 0. The Morgan fingerprint density at radius 1 is 1.50 bits per heavy atom. The minimum atomic E-state index is 0.748. The summed E-state index contributed by atoms with van der Waals surface area (Å²) in [5.41, 5.74) is 1.78. The van der Waals surface area contributed by atoms with Gasteiger partial charge in [0.2, 0.25) is 0 Å². The SMILES string of the molecule is CCc1cc(OC)ccc1C=O. The van der Waals surface area contributed by atoms with Crippen LogP contribution in [0.4, 0.5) is 0 Å². The van der Waals surface area contributed by atoms with Crippen LogP contribution in [0.3, 0.4) is 0 Å². The van der Waals surface area contributed by atoms with Crippen LogP contribution in [-0.4, -0.2) is 13.4 Å². The van der Waals surface area contributed by atoms with Crippen molar-refractivity contribution in [2.75, 3.05) is 7.11 Å². The third kappa shape index (κ3) is 1.64. The predicted molar refractivity (Wildman–Crippen MR) is 47.8 cm³/mol. The van der Waals surface area contributed by atoms with Crippen LogP contribution in [0.1, 0.15) is 22.8 Å². The van der Waals surface area contributed by atoms with Gasteiger partial charge in [-0.05, 0) is 30.2 Å². The van der Waals surface area contributed by atoms with Crippen molar-refractivity contribution in [3.63, 3.8) is 0 Å². The Morgan fingerprint density at radius 2 is 2.25 bits per heavy atom. The largest absolute Gasteiger partial charge is 0.497 e. The molecule has 0 heterocycles. The van der Waals surface area contributed by atoms with Gasteiger partial charge in [0.05, 0.1) is 7.11 Å². The lowest BCUT2D eigenvalue weighted by Crippen LogP contribution is -1.92. The molecule has 1 aromatic carbocycles. The molecule has 0 saturated heterocycles. The molecule has 2 nitrogen and oxygen atoms in total. The van der Waals surface area contributed by atoms with Crippen molar-refractivity contribution in [2.24, 2.45) is 0 Å². The number of aldehydes is 1. The maximum atomic E-state index is 10.5. The van der Waals surface area contributed by atoms with E-state index >= 15 is 0 Å². The van der Waals surface area contributed by atoms with E-state index in [1.54, 1.807) is 19.2 Å². The molecule has 0 fully saturated rings. The van der Waals surface area contributed by atoms with Gasteiger partial charge in [-0.2, -0.15) is 0 Å². The van der Waals surface area contributed by atoms with Crippen molar-refractivity contribution in [2.45, 2.75) is 13.3 Å². The molecule has 0 atom stereocenters. The van der Waals surface area contributed by atoms with Crippen molar-refractivity contribution in [1.82, 2.24) is 0 Å². The van der Waals surface area contributed by atoms with Crippen molar-refractivity contribution >= 4 is 6.29 Å². The Kier molecular flexibility index (Phi) is 2.86. The van der Waals surface area contributed by atoms with Gasteiger partial charge < -0.3 is 4.74 Å². The first kappa shape index (κ1) is 8.78. The number of carbonyl (C=O) groups is 1. The number of carbonyl (C=O) groups excluding carboxylic acids is 1. The topological polar surface area (TPSA) is 26.3 Å². The minimum absolute atomic E-state index is 0.748. The lowest BCUT2D eigenvalue weighted by Gasteiger charge is -2.04. The Labute approximate surface area is 72.2 Å². The molecule has 0 N–H and O–H groups in total. The molecule has 0 spiro atoms. The van der Waals surface area contributed by atoms with Crippen LogP contribution in [0.25, 0.3) is 0 Å². The lowest BCUT2D eigenvalue weighted by molar-refractivity contribution is 0.112. The first-order valence-corrected chi connectivity index (χ1v) is 3.94. The zero-order valence-electron chi connectivity index (χ0n) is 7.33. The Balaban J connectivity index is 3.10. The number of aryl methyl sites for hydroxylation is 1. The average molecular weight is 164 g/mol. The maximum absolute atomic E-state index is 10.5. The van der Waals surface area contributed by atoms with Crippen LogP contribution in [0.15, 0.2) is 18.2 Å². The first-order chi connectivity index (χ1) is 5.81. The van der Waals surface area contributed by atoms with E-state index in [-0.39, 0.29) is 0 Å². The van der Waals surface area contributed by atoms with Crippen molar-refractivity contribution in [1.29, 1.82) is 0 Å². The molecule has 2 heteroatoms. The Morgan fingerprint density at radius 3 is 2.75 bits per heavy atom. The van der Waals surface area contributed by atoms with Crippen LogP contribution >= 0.6 is 0 Å². The molecule has 0 unspecified atom stereocenters. The van der Waals surface area contributed by atoms with Gasteiger partial charge in [0.1, 0.15) is 12.0 Å². The Bertz CT molecular complexity index is 279. The van der Waals surface area contributed by atoms with E-state index in [2.05, 4.69) is 0 Å². The summed E-state index contributed by atoms with van der Waals surface area (Å²) in [4.78, 5) is 10.5. The molecule has 0 radical (unpaired) electrons. The number of hydrogen-bond acceptors (Lipinski definition) is 2. The summed E-state index contributed by atoms with van der Waals surface area (Å²) in [5, 5.41) is 0. The molecule has 0 amide bonds. The van der Waals surface area contributed by atoms with Gasteiger partial charge in [0.15, 0.2) is 0 Å². The molecule has 1 rings (SSSR count). The number of rotatable bonds is 3. The number of benzene rings is 1. The molecule has 0 aliphatic heterocycles. The van der Waals surface area contributed by atoms with Gasteiger partial charge in [-0.1, -0.05) is 6.92 Å². The van der Waals surface area contributed by atoms with Gasteiger partial charge >= 0.3 is 0 Å². The third-order valence-electron chi connectivity index (χ3n) is 1.86. The molecular formula is C10H12O2. The second-order valence-electron chi connectivity index (χ2n) is 2.54. The maximum Gasteiger partial charge on any atom is 0.150 e. The highest BCUT2D eigenvalue weighted by Crippen LogP contribution is 2.16. The van der Waals surface area contributed by atoms with Gasteiger partial charge in [-0.3, -0.25) is 4.79 Å². The quantitative estimate of drug-likeness (QED) is 0.639. The summed E-state index contributed by atoms with van der Waals surface area (Å²) in [6, 6.07) is 5.47. The van der Waals surface area contributed by atoms with E-state index in [1.807, 2.05) is 13.0 Å². The molecule has 0 aliphatic rings. The zero-order valence-corrected chi connectivity index (χ0v) is 7.33. The van der Waals surface area contributed by atoms with Gasteiger partial charge in [0.25, 0.3) is 0 Å². The molecule has 0 aromatic heterocycles. The van der Waals surface area contributed by atoms with E-state index in [4.69, 9.17) is 4.74 Å². The molecule has 64 valence electrons. The molecule has 0 aliphatic carbocycles. The monoisotopic (exact) mass is 164 g/mol. The summed E-state index contributed by atoms with van der Waals surface area (Å²) in [7, 11) is 1.62.